The molecular formula is C4H6N2O2. The fraction of sp³-hybridized carbons (Fsp3) is 0.500. The van der Waals surface area contributed by atoms with E-state index < -0.39 is 11.8 Å². The van der Waals surface area contributed by atoms with Gasteiger partial charge in [0.25, 0.3) is 0 Å². The van der Waals surface area contributed by atoms with E-state index in [9.17, 15) is 9.70 Å². The minimum atomic E-state index is -0.896. The van der Waals surface area contributed by atoms with Crippen molar-refractivity contribution in [1.29, 1.82) is 5.41 Å². The van der Waals surface area contributed by atoms with E-state index in [0.29, 0.717) is 6.21 Å². The first kappa shape index (κ1) is 6.94. The number of Topliss-reactive ketones (excluding diaryl/α,β-unsaturated/α-hetero) is 1. The minimum Gasteiger partial charge on any atom is -0.305 e. The Morgan fingerprint density at radius 2 is 2.38 bits per heavy atom. The highest BCUT2D eigenvalue weighted by atomic mass is 16.3. The average Bonchev–Trinajstić information content (AvgIpc) is 1.84. The van der Waals surface area contributed by atoms with Gasteiger partial charge in [0, 0.05) is 0 Å². The van der Waals surface area contributed by atoms with Gasteiger partial charge in [-0.25, -0.2) is 0 Å². The molecule has 0 bridgehead atoms. The zero-order chi connectivity index (χ0) is 6.57. The second-order valence-corrected chi connectivity index (χ2v) is 1.33. The summed E-state index contributed by atoms with van der Waals surface area (Å²) in [6, 6.07) is -0.896. The zero-order valence-electron chi connectivity index (χ0n) is 4.42. The van der Waals surface area contributed by atoms with Gasteiger partial charge in [0.05, 0.1) is 6.21 Å². The lowest BCUT2D eigenvalue weighted by Gasteiger charge is -1.89. The first-order valence-corrected chi connectivity index (χ1v) is 2.09. The molecule has 0 amide bonds. The zero-order valence-corrected chi connectivity index (χ0v) is 4.42. The van der Waals surface area contributed by atoms with Gasteiger partial charge in [-0.05, 0) is 6.92 Å². The molecule has 1 N–H and O–H groups in total. The lowest BCUT2D eigenvalue weighted by Crippen LogP contribution is -2.13. The quantitative estimate of drug-likeness (QED) is 0.425. The van der Waals surface area contributed by atoms with Gasteiger partial charge in [-0.3, -0.25) is 4.79 Å². The highest BCUT2D eigenvalue weighted by Crippen LogP contribution is 1.85. The maximum absolute atomic E-state index is 10.2. The molecule has 44 valence electrons. The van der Waals surface area contributed by atoms with E-state index in [4.69, 9.17) is 5.41 Å². The first-order chi connectivity index (χ1) is 3.72. The number of carbonyl (C=O) groups excluding carboxylic acids is 1. The van der Waals surface area contributed by atoms with Crippen LogP contribution in [0.5, 0.6) is 0 Å². The summed E-state index contributed by atoms with van der Waals surface area (Å²) < 4.78 is 0. The molecule has 0 aromatic rings. The predicted octanol–water partition coefficient (Wildman–Crippen LogP) is 0.360. The monoisotopic (exact) mass is 114 g/mol. The van der Waals surface area contributed by atoms with E-state index >= 15 is 0 Å². The second-order valence-electron chi connectivity index (χ2n) is 1.33. The Hall–Kier alpha value is -1.06. The second kappa shape index (κ2) is 3.01. The van der Waals surface area contributed by atoms with Gasteiger partial charge >= 0.3 is 0 Å². The number of nitrogens with zero attached hydrogens (tertiary/aromatic N) is 1. The van der Waals surface area contributed by atoms with Crippen LogP contribution in [-0.4, -0.2) is 18.0 Å². The van der Waals surface area contributed by atoms with Crippen LogP contribution >= 0.6 is 0 Å². The van der Waals surface area contributed by atoms with Crippen molar-refractivity contribution >= 4 is 12.0 Å². The summed E-state index contributed by atoms with van der Waals surface area (Å²) in [5.41, 5.74) is 0. The molecule has 1 atom stereocenters. The molecule has 0 saturated carbocycles. The van der Waals surface area contributed by atoms with Crippen molar-refractivity contribution in [1.82, 2.24) is 0 Å². The highest BCUT2D eigenvalue weighted by molar-refractivity contribution is 6.28. The van der Waals surface area contributed by atoms with E-state index in [0.717, 1.165) is 0 Å². The van der Waals surface area contributed by atoms with Crippen molar-refractivity contribution in [2.24, 2.45) is 5.18 Å². The maximum atomic E-state index is 10.2. The summed E-state index contributed by atoms with van der Waals surface area (Å²) in [7, 11) is 0. The summed E-state index contributed by atoms with van der Waals surface area (Å²) in [4.78, 5) is 19.7. The van der Waals surface area contributed by atoms with Crippen molar-refractivity contribution in [3.8, 4) is 0 Å². The van der Waals surface area contributed by atoms with Crippen molar-refractivity contribution in [2.75, 3.05) is 0 Å². The molecule has 0 rings (SSSR count). The summed E-state index contributed by atoms with van der Waals surface area (Å²) in [5, 5.41) is 8.78. The summed E-state index contributed by atoms with van der Waals surface area (Å²) in [5.74, 6) is -0.556. The van der Waals surface area contributed by atoms with Crippen LogP contribution in [0.3, 0.4) is 0 Å². The van der Waals surface area contributed by atoms with Gasteiger partial charge in [0.2, 0.25) is 5.78 Å². The molecule has 0 radical (unpaired) electrons. The van der Waals surface area contributed by atoms with E-state index in [1.165, 1.54) is 6.92 Å². The fourth-order valence-electron chi connectivity index (χ4n) is 0.173. The van der Waals surface area contributed by atoms with Crippen LogP contribution in [0.15, 0.2) is 5.18 Å². The van der Waals surface area contributed by atoms with Gasteiger partial charge in [0.15, 0.2) is 6.04 Å². The van der Waals surface area contributed by atoms with Crippen LogP contribution in [-0.2, 0) is 4.79 Å². The maximum Gasteiger partial charge on any atom is 0.200 e. The third-order valence-electron chi connectivity index (χ3n) is 0.712. The molecule has 0 heterocycles. The molecule has 4 heteroatoms. The largest absolute Gasteiger partial charge is 0.305 e. The van der Waals surface area contributed by atoms with Gasteiger partial charge in [-0.2, -0.15) is 4.91 Å². The van der Waals surface area contributed by atoms with Crippen molar-refractivity contribution in [3.05, 3.63) is 4.91 Å². The van der Waals surface area contributed by atoms with Crippen LogP contribution < -0.4 is 0 Å². The third kappa shape index (κ3) is 1.59. The number of rotatable bonds is 3. The van der Waals surface area contributed by atoms with Gasteiger partial charge < -0.3 is 5.41 Å². The minimum absolute atomic E-state index is 0.556. The summed E-state index contributed by atoms with van der Waals surface area (Å²) in [6.45, 7) is 1.35. The normalized spacial score (nSPS) is 12.1. The van der Waals surface area contributed by atoms with Gasteiger partial charge in [-0.15, -0.1) is 0 Å². The molecule has 0 aliphatic carbocycles. The van der Waals surface area contributed by atoms with Crippen LogP contribution in [0.1, 0.15) is 6.92 Å². The standard InChI is InChI=1S/C4H6N2O2/c1-3(6-8)4(7)2-5/h2-3,5H,1H3/t3-/m0/s1. The molecule has 0 spiro atoms. The molecule has 0 aliphatic heterocycles. The topological polar surface area (TPSA) is 70.3 Å². The molecule has 0 aromatic heterocycles. The van der Waals surface area contributed by atoms with Crippen LogP contribution in [0.2, 0.25) is 0 Å². The molecular weight excluding hydrogens is 108 g/mol. The summed E-state index contributed by atoms with van der Waals surface area (Å²) >= 11 is 0. The van der Waals surface area contributed by atoms with E-state index in [1.807, 2.05) is 0 Å². The molecule has 8 heavy (non-hydrogen) atoms. The van der Waals surface area contributed by atoms with E-state index in [-0.39, 0.29) is 0 Å². The van der Waals surface area contributed by atoms with Crippen molar-refractivity contribution in [2.45, 2.75) is 13.0 Å². The Morgan fingerprint density at radius 1 is 1.88 bits per heavy atom. The Labute approximate surface area is 46.4 Å². The Morgan fingerprint density at radius 3 is 2.50 bits per heavy atom. The fourth-order valence-corrected chi connectivity index (χ4v) is 0.173. The number of hydrogen-bond acceptors (Lipinski definition) is 4. The van der Waals surface area contributed by atoms with E-state index in [2.05, 4.69) is 5.18 Å². The van der Waals surface area contributed by atoms with Crippen molar-refractivity contribution in [3.63, 3.8) is 0 Å². The molecule has 0 unspecified atom stereocenters. The predicted molar refractivity (Wildman–Crippen MR) is 29.0 cm³/mol. The number of ketones is 1. The van der Waals surface area contributed by atoms with E-state index in [1.54, 1.807) is 0 Å². The highest BCUT2D eigenvalue weighted by Gasteiger charge is 2.07. The Kier molecular flexibility index (Phi) is 2.61. The molecule has 0 aliphatic rings. The smallest absolute Gasteiger partial charge is 0.200 e. The van der Waals surface area contributed by atoms with Crippen molar-refractivity contribution < 1.29 is 4.79 Å². The molecule has 0 aromatic carbocycles. The SMILES string of the molecule is C[C@H](N=O)C(=O)C=N. The number of nitroso groups, excluding NO2 is 1. The van der Waals surface area contributed by atoms with Crippen LogP contribution in [0.25, 0.3) is 0 Å². The lowest BCUT2D eigenvalue weighted by atomic mass is 10.2. The summed E-state index contributed by atoms with van der Waals surface area (Å²) in [6.07, 6.45) is 0.589. The Balaban J connectivity index is 3.80. The third-order valence-corrected chi connectivity index (χ3v) is 0.712. The molecule has 0 saturated heterocycles. The lowest BCUT2D eigenvalue weighted by molar-refractivity contribution is -0.113. The molecule has 4 nitrogen and oxygen atoms in total. The van der Waals surface area contributed by atoms with Gasteiger partial charge in [-0.1, -0.05) is 5.18 Å². The van der Waals surface area contributed by atoms with Gasteiger partial charge in [0.1, 0.15) is 0 Å². The molecule has 0 fully saturated rings. The van der Waals surface area contributed by atoms with Crippen LogP contribution in [0, 0.1) is 10.3 Å². The van der Waals surface area contributed by atoms with Crippen LogP contribution in [0.4, 0.5) is 0 Å². The number of hydrogen-bond donors (Lipinski definition) is 1. The Bertz CT molecular complexity index is 121. The first-order valence-electron chi connectivity index (χ1n) is 2.09. The number of nitrogens with one attached hydrogen (secondary N) is 1. The average molecular weight is 114 g/mol. The number of carbonyl (C=O) groups is 1.